The van der Waals surface area contributed by atoms with E-state index >= 15 is 0 Å². The number of halogens is 1. The minimum absolute atomic E-state index is 0.0871. The van der Waals surface area contributed by atoms with Crippen LogP contribution >= 0.6 is 11.6 Å². The second kappa shape index (κ2) is 5.29. The summed E-state index contributed by atoms with van der Waals surface area (Å²) < 4.78 is 8.21. The van der Waals surface area contributed by atoms with E-state index < -0.39 is 0 Å². The van der Waals surface area contributed by atoms with Crippen molar-refractivity contribution in [3.8, 4) is 0 Å². The highest BCUT2D eigenvalue weighted by atomic mass is 35.5. The number of rotatable bonds is 2. The molecule has 0 saturated carbocycles. The van der Waals surface area contributed by atoms with E-state index in [1.165, 1.54) is 11.1 Å². The van der Waals surface area contributed by atoms with E-state index in [-0.39, 0.29) is 11.0 Å². The predicted octanol–water partition coefficient (Wildman–Crippen LogP) is 4.77. The molecule has 3 nitrogen and oxygen atoms in total. The van der Waals surface area contributed by atoms with Crippen molar-refractivity contribution in [3.05, 3.63) is 29.6 Å². The fourth-order valence-electron chi connectivity index (χ4n) is 3.31. The molecule has 0 bridgehead atoms. The molecule has 2 aromatic rings. The van der Waals surface area contributed by atoms with Crippen molar-refractivity contribution in [2.75, 3.05) is 6.61 Å². The fraction of sp³-hybridized carbons (Fsp3) is 0.588. The molecule has 1 aromatic carbocycles. The number of ether oxygens (including phenoxy) is 1. The van der Waals surface area contributed by atoms with Crippen LogP contribution in [0.1, 0.15) is 56.4 Å². The van der Waals surface area contributed by atoms with Gasteiger partial charge in [0.2, 0.25) is 0 Å². The van der Waals surface area contributed by atoms with Crippen molar-refractivity contribution >= 4 is 22.6 Å². The van der Waals surface area contributed by atoms with E-state index in [0.717, 1.165) is 30.8 Å². The molecule has 1 saturated heterocycles. The van der Waals surface area contributed by atoms with Gasteiger partial charge in [-0.2, -0.15) is 0 Å². The number of alkyl halides is 1. The van der Waals surface area contributed by atoms with Crippen LogP contribution in [0.4, 0.5) is 0 Å². The van der Waals surface area contributed by atoms with Gasteiger partial charge < -0.3 is 9.30 Å². The summed E-state index contributed by atoms with van der Waals surface area (Å²) in [4.78, 5) is 4.77. The maximum atomic E-state index is 6.40. The summed E-state index contributed by atoms with van der Waals surface area (Å²) >= 11 is 6.40. The van der Waals surface area contributed by atoms with E-state index in [4.69, 9.17) is 21.3 Å². The highest BCUT2D eigenvalue weighted by molar-refractivity contribution is 6.20. The van der Waals surface area contributed by atoms with Crippen LogP contribution in [-0.4, -0.2) is 21.8 Å². The van der Waals surface area contributed by atoms with E-state index in [1.807, 2.05) is 6.92 Å². The average Bonchev–Trinajstić information content (AvgIpc) is 2.76. The molecule has 0 spiro atoms. The molecule has 21 heavy (non-hydrogen) atoms. The van der Waals surface area contributed by atoms with Gasteiger partial charge in [0.15, 0.2) is 0 Å². The fourth-order valence-corrected chi connectivity index (χ4v) is 3.46. The van der Waals surface area contributed by atoms with Gasteiger partial charge in [-0.1, -0.05) is 6.07 Å². The Kier molecular flexibility index (Phi) is 3.74. The second-order valence-corrected chi connectivity index (χ2v) is 7.36. The van der Waals surface area contributed by atoms with Crippen molar-refractivity contribution in [1.29, 1.82) is 0 Å². The highest BCUT2D eigenvalue weighted by Gasteiger charge is 2.32. The van der Waals surface area contributed by atoms with Gasteiger partial charge in [0, 0.05) is 12.6 Å². The van der Waals surface area contributed by atoms with Crippen molar-refractivity contribution in [1.82, 2.24) is 9.55 Å². The molecule has 1 fully saturated rings. The molecule has 1 aliphatic rings. The standard InChI is InChI=1S/C17H23ClN2O/c1-11-5-6-14-15(9-11)20(16(19-14)12(2)18)13-7-8-21-17(3,4)10-13/h5-6,9,12-13H,7-8,10H2,1-4H3. The Bertz CT molecular complexity index is 660. The van der Waals surface area contributed by atoms with Gasteiger partial charge in [0.25, 0.3) is 0 Å². The van der Waals surface area contributed by atoms with Crippen LogP contribution < -0.4 is 0 Å². The zero-order valence-electron chi connectivity index (χ0n) is 13.2. The lowest BCUT2D eigenvalue weighted by Gasteiger charge is -2.37. The third-order valence-corrected chi connectivity index (χ3v) is 4.46. The Hall–Kier alpha value is -1.06. The summed E-state index contributed by atoms with van der Waals surface area (Å²) in [5.74, 6) is 0.972. The third kappa shape index (κ3) is 2.82. The Labute approximate surface area is 131 Å². The molecular formula is C17H23ClN2O. The van der Waals surface area contributed by atoms with Crippen molar-refractivity contribution < 1.29 is 4.74 Å². The van der Waals surface area contributed by atoms with E-state index in [2.05, 4.69) is 43.5 Å². The lowest BCUT2D eigenvalue weighted by molar-refractivity contribution is -0.0688. The summed E-state index contributed by atoms with van der Waals surface area (Å²) in [7, 11) is 0. The summed E-state index contributed by atoms with van der Waals surface area (Å²) in [6, 6.07) is 6.81. The summed E-state index contributed by atoms with van der Waals surface area (Å²) in [5, 5.41) is -0.0938. The highest BCUT2D eigenvalue weighted by Crippen LogP contribution is 2.37. The largest absolute Gasteiger partial charge is 0.375 e. The van der Waals surface area contributed by atoms with Crippen LogP contribution in [0.15, 0.2) is 18.2 Å². The molecule has 0 aliphatic carbocycles. The lowest BCUT2D eigenvalue weighted by atomic mass is 9.93. The van der Waals surface area contributed by atoms with Crippen LogP contribution in [0.3, 0.4) is 0 Å². The number of hydrogen-bond acceptors (Lipinski definition) is 2. The quantitative estimate of drug-likeness (QED) is 0.747. The van der Waals surface area contributed by atoms with Crippen LogP contribution in [0.25, 0.3) is 11.0 Å². The molecule has 2 atom stereocenters. The van der Waals surface area contributed by atoms with Crippen molar-refractivity contribution in [3.63, 3.8) is 0 Å². The van der Waals surface area contributed by atoms with Gasteiger partial charge in [0.1, 0.15) is 5.82 Å². The van der Waals surface area contributed by atoms with Crippen molar-refractivity contribution in [2.24, 2.45) is 0 Å². The maximum absolute atomic E-state index is 6.40. The van der Waals surface area contributed by atoms with E-state index in [0.29, 0.717) is 6.04 Å². The predicted molar refractivity (Wildman–Crippen MR) is 87.0 cm³/mol. The normalized spacial score (nSPS) is 23.4. The molecule has 2 unspecified atom stereocenters. The molecule has 0 amide bonds. The number of aromatic nitrogens is 2. The zero-order valence-corrected chi connectivity index (χ0v) is 13.9. The van der Waals surface area contributed by atoms with Gasteiger partial charge in [-0.25, -0.2) is 4.98 Å². The van der Waals surface area contributed by atoms with Gasteiger partial charge in [0.05, 0.1) is 22.0 Å². The van der Waals surface area contributed by atoms with Crippen LogP contribution in [-0.2, 0) is 4.74 Å². The molecule has 1 aromatic heterocycles. The van der Waals surface area contributed by atoms with Gasteiger partial charge in [-0.3, -0.25) is 0 Å². The van der Waals surface area contributed by atoms with Crippen molar-refractivity contribution in [2.45, 2.75) is 57.6 Å². The molecule has 0 N–H and O–H groups in total. The minimum Gasteiger partial charge on any atom is -0.375 e. The Morgan fingerprint density at radius 2 is 2.19 bits per heavy atom. The summed E-state index contributed by atoms with van der Waals surface area (Å²) in [6.45, 7) is 9.23. The van der Waals surface area contributed by atoms with Gasteiger partial charge >= 0.3 is 0 Å². The number of fused-ring (bicyclic) bond motifs is 1. The van der Waals surface area contributed by atoms with E-state index in [9.17, 15) is 0 Å². The third-order valence-electron chi connectivity index (χ3n) is 4.26. The maximum Gasteiger partial charge on any atom is 0.127 e. The smallest absolute Gasteiger partial charge is 0.127 e. The Morgan fingerprint density at radius 3 is 2.86 bits per heavy atom. The Balaban J connectivity index is 2.14. The molecule has 0 radical (unpaired) electrons. The zero-order chi connectivity index (χ0) is 15.2. The molecule has 114 valence electrons. The molecule has 2 heterocycles. The second-order valence-electron chi connectivity index (χ2n) is 6.70. The van der Waals surface area contributed by atoms with Gasteiger partial charge in [-0.05, 0) is 58.2 Å². The first-order valence-electron chi connectivity index (χ1n) is 7.64. The number of nitrogens with zero attached hydrogens (tertiary/aromatic N) is 2. The summed E-state index contributed by atoms with van der Waals surface area (Å²) in [5.41, 5.74) is 3.40. The molecule has 1 aliphatic heterocycles. The monoisotopic (exact) mass is 306 g/mol. The number of benzene rings is 1. The molecule has 3 rings (SSSR count). The number of imidazole rings is 1. The first kappa shape index (κ1) is 14.9. The van der Waals surface area contributed by atoms with Crippen LogP contribution in [0.5, 0.6) is 0 Å². The first-order valence-corrected chi connectivity index (χ1v) is 8.07. The van der Waals surface area contributed by atoms with Crippen LogP contribution in [0.2, 0.25) is 0 Å². The average molecular weight is 307 g/mol. The minimum atomic E-state index is -0.0938. The number of aryl methyl sites for hydroxylation is 1. The molecule has 4 heteroatoms. The van der Waals surface area contributed by atoms with Gasteiger partial charge in [-0.15, -0.1) is 11.6 Å². The van der Waals surface area contributed by atoms with Crippen LogP contribution in [0, 0.1) is 6.92 Å². The lowest BCUT2D eigenvalue weighted by Crippen LogP contribution is -2.35. The number of hydrogen-bond donors (Lipinski definition) is 0. The molecular weight excluding hydrogens is 284 g/mol. The topological polar surface area (TPSA) is 27.1 Å². The summed E-state index contributed by atoms with van der Waals surface area (Å²) in [6.07, 6.45) is 2.00. The first-order chi connectivity index (χ1) is 9.87. The SMILES string of the molecule is Cc1ccc2nc(C(C)Cl)n(C3CCOC(C)(C)C3)c2c1. The Morgan fingerprint density at radius 1 is 1.43 bits per heavy atom. The van der Waals surface area contributed by atoms with E-state index in [1.54, 1.807) is 0 Å².